The van der Waals surface area contributed by atoms with Crippen LogP contribution in [0.3, 0.4) is 0 Å². The maximum Gasteiger partial charge on any atom is 0.141 e. The van der Waals surface area contributed by atoms with Gasteiger partial charge in [-0.05, 0) is 33.7 Å². The number of rotatable bonds is 7. The van der Waals surface area contributed by atoms with Crippen molar-refractivity contribution in [3.8, 4) is 0 Å². The lowest BCUT2D eigenvalue weighted by Crippen LogP contribution is -2.33. The minimum atomic E-state index is 0.508. The van der Waals surface area contributed by atoms with Crippen LogP contribution in [-0.4, -0.2) is 38.8 Å². The van der Waals surface area contributed by atoms with E-state index in [4.69, 9.17) is 5.73 Å². The number of nitrogens with zero attached hydrogens (tertiary/aromatic N) is 4. The Morgan fingerprint density at radius 2 is 2.25 bits per heavy atom. The van der Waals surface area contributed by atoms with E-state index in [0.29, 0.717) is 6.04 Å². The maximum atomic E-state index is 5.55. The van der Waals surface area contributed by atoms with E-state index in [1.807, 2.05) is 4.68 Å². The second-order valence-electron chi connectivity index (χ2n) is 4.20. The van der Waals surface area contributed by atoms with Gasteiger partial charge in [0, 0.05) is 19.1 Å². The second kappa shape index (κ2) is 6.60. The van der Waals surface area contributed by atoms with Gasteiger partial charge in [-0.25, -0.2) is 9.67 Å². The molecule has 1 rings (SSSR count). The molecule has 16 heavy (non-hydrogen) atoms. The topological polar surface area (TPSA) is 60.0 Å². The number of hydrogen-bond acceptors (Lipinski definition) is 4. The van der Waals surface area contributed by atoms with E-state index in [9.17, 15) is 0 Å². The molecule has 0 radical (unpaired) electrons. The Morgan fingerprint density at radius 1 is 1.50 bits per heavy atom. The zero-order valence-corrected chi connectivity index (χ0v) is 10.6. The molecular weight excluding hydrogens is 202 g/mol. The molecule has 1 heterocycles. The van der Waals surface area contributed by atoms with Crippen molar-refractivity contribution in [3.63, 3.8) is 0 Å². The van der Waals surface area contributed by atoms with Gasteiger partial charge in [0.05, 0.1) is 6.54 Å². The SMILES string of the molecule is CCn1ncnc1CN(CCCN)C(C)C. The second-order valence-corrected chi connectivity index (χ2v) is 4.20. The Hall–Kier alpha value is -0.940. The summed E-state index contributed by atoms with van der Waals surface area (Å²) < 4.78 is 1.94. The molecule has 0 aliphatic rings. The molecule has 0 bridgehead atoms. The molecule has 0 atom stereocenters. The molecule has 92 valence electrons. The summed E-state index contributed by atoms with van der Waals surface area (Å²) >= 11 is 0. The first-order valence-corrected chi connectivity index (χ1v) is 5.99. The lowest BCUT2D eigenvalue weighted by atomic mass is 10.2. The molecule has 0 unspecified atom stereocenters. The van der Waals surface area contributed by atoms with E-state index in [1.54, 1.807) is 6.33 Å². The summed E-state index contributed by atoms with van der Waals surface area (Å²) in [7, 11) is 0. The summed E-state index contributed by atoms with van der Waals surface area (Å²) in [6.07, 6.45) is 2.65. The number of aromatic nitrogens is 3. The third kappa shape index (κ3) is 3.57. The molecule has 0 aliphatic heterocycles. The van der Waals surface area contributed by atoms with E-state index in [-0.39, 0.29) is 0 Å². The van der Waals surface area contributed by atoms with Crippen LogP contribution in [0.5, 0.6) is 0 Å². The summed E-state index contributed by atoms with van der Waals surface area (Å²) in [5.41, 5.74) is 5.55. The summed E-state index contributed by atoms with van der Waals surface area (Å²) in [5, 5.41) is 4.18. The summed E-state index contributed by atoms with van der Waals surface area (Å²) in [4.78, 5) is 6.67. The van der Waals surface area contributed by atoms with Crippen molar-refractivity contribution in [1.82, 2.24) is 19.7 Å². The highest BCUT2D eigenvalue weighted by molar-refractivity contribution is 4.85. The van der Waals surface area contributed by atoms with Crippen LogP contribution in [0.1, 0.15) is 33.0 Å². The number of hydrogen-bond donors (Lipinski definition) is 1. The molecular formula is C11H23N5. The van der Waals surface area contributed by atoms with Gasteiger partial charge in [-0.15, -0.1) is 0 Å². The monoisotopic (exact) mass is 225 g/mol. The van der Waals surface area contributed by atoms with Crippen LogP contribution in [-0.2, 0) is 13.1 Å². The van der Waals surface area contributed by atoms with Crippen LogP contribution in [0.15, 0.2) is 6.33 Å². The highest BCUT2D eigenvalue weighted by Gasteiger charge is 2.12. The smallest absolute Gasteiger partial charge is 0.141 e. The van der Waals surface area contributed by atoms with Crippen LogP contribution in [0.4, 0.5) is 0 Å². The van der Waals surface area contributed by atoms with Crippen molar-refractivity contribution in [2.75, 3.05) is 13.1 Å². The Bertz CT molecular complexity index is 294. The van der Waals surface area contributed by atoms with Crippen LogP contribution in [0.2, 0.25) is 0 Å². The first-order chi connectivity index (χ1) is 7.69. The molecule has 0 saturated heterocycles. The molecule has 5 heteroatoms. The third-order valence-corrected chi connectivity index (χ3v) is 2.72. The molecule has 2 N–H and O–H groups in total. The predicted molar refractivity (Wildman–Crippen MR) is 64.9 cm³/mol. The van der Waals surface area contributed by atoms with Crippen molar-refractivity contribution in [3.05, 3.63) is 12.2 Å². The van der Waals surface area contributed by atoms with Crippen LogP contribution in [0.25, 0.3) is 0 Å². The minimum absolute atomic E-state index is 0.508. The van der Waals surface area contributed by atoms with Gasteiger partial charge in [-0.1, -0.05) is 0 Å². The molecule has 0 aromatic carbocycles. The van der Waals surface area contributed by atoms with Gasteiger partial charge in [-0.2, -0.15) is 5.10 Å². The molecule has 1 aromatic heterocycles. The highest BCUT2D eigenvalue weighted by Crippen LogP contribution is 2.06. The minimum Gasteiger partial charge on any atom is -0.330 e. The zero-order chi connectivity index (χ0) is 12.0. The maximum absolute atomic E-state index is 5.55. The van der Waals surface area contributed by atoms with E-state index < -0.39 is 0 Å². The lowest BCUT2D eigenvalue weighted by Gasteiger charge is -2.25. The first-order valence-electron chi connectivity index (χ1n) is 5.99. The average Bonchev–Trinajstić information content (AvgIpc) is 2.70. The van der Waals surface area contributed by atoms with Crippen LogP contribution < -0.4 is 5.73 Å². The van der Waals surface area contributed by atoms with Crippen molar-refractivity contribution in [2.24, 2.45) is 5.73 Å². The van der Waals surface area contributed by atoms with E-state index >= 15 is 0 Å². The van der Waals surface area contributed by atoms with E-state index in [1.165, 1.54) is 0 Å². The Balaban J connectivity index is 2.60. The van der Waals surface area contributed by atoms with Crippen LogP contribution in [0, 0.1) is 0 Å². The fraction of sp³-hybridized carbons (Fsp3) is 0.818. The Morgan fingerprint density at radius 3 is 2.81 bits per heavy atom. The fourth-order valence-electron chi connectivity index (χ4n) is 1.67. The van der Waals surface area contributed by atoms with Crippen molar-refractivity contribution >= 4 is 0 Å². The van der Waals surface area contributed by atoms with Gasteiger partial charge in [0.15, 0.2) is 0 Å². The molecule has 0 fully saturated rings. The van der Waals surface area contributed by atoms with Gasteiger partial charge in [0.25, 0.3) is 0 Å². The first kappa shape index (κ1) is 13.1. The van der Waals surface area contributed by atoms with E-state index in [0.717, 1.165) is 38.4 Å². The molecule has 0 saturated carbocycles. The van der Waals surface area contributed by atoms with Gasteiger partial charge < -0.3 is 5.73 Å². The fourth-order valence-corrected chi connectivity index (χ4v) is 1.67. The summed E-state index contributed by atoms with van der Waals surface area (Å²) in [6.45, 7) is 9.96. The van der Waals surface area contributed by atoms with Crippen molar-refractivity contribution in [2.45, 2.75) is 46.3 Å². The Kier molecular flexibility index (Phi) is 5.42. The number of aryl methyl sites for hydroxylation is 1. The molecule has 0 spiro atoms. The predicted octanol–water partition coefficient (Wildman–Crippen LogP) is 0.857. The summed E-state index contributed by atoms with van der Waals surface area (Å²) in [5.74, 6) is 1.04. The van der Waals surface area contributed by atoms with Gasteiger partial charge in [0.1, 0.15) is 12.2 Å². The average molecular weight is 225 g/mol. The van der Waals surface area contributed by atoms with Gasteiger partial charge >= 0.3 is 0 Å². The van der Waals surface area contributed by atoms with Gasteiger partial charge in [0.2, 0.25) is 0 Å². The van der Waals surface area contributed by atoms with Gasteiger partial charge in [-0.3, -0.25) is 4.90 Å². The highest BCUT2D eigenvalue weighted by atomic mass is 15.3. The Labute approximate surface area is 97.6 Å². The quantitative estimate of drug-likeness (QED) is 0.747. The van der Waals surface area contributed by atoms with Crippen molar-refractivity contribution in [1.29, 1.82) is 0 Å². The largest absolute Gasteiger partial charge is 0.330 e. The standard InChI is InChI=1S/C11H23N5/c1-4-16-11(13-9-14-16)8-15(10(2)3)7-5-6-12/h9-10H,4-8,12H2,1-3H3. The van der Waals surface area contributed by atoms with Crippen LogP contribution >= 0.6 is 0 Å². The normalized spacial score (nSPS) is 11.6. The van der Waals surface area contributed by atoms with Crippen molar-refractivity contribution < 1.29 is 0 Å². The molecule has 0 aliphatic carbocycles. The zero-order valence-electron chi connectivity index (χ0n) is 10.6. The molecule has 5 nitrogen and oxygen atoms in total. The lowest BCUT2D eigenvalue weighted by molar-refractivity contribution is 0.203. The number of nitrogens with two attached hydrogens (primary N) is 1. The third-order valence-electron chi connectivity index (χ3n) is 2.72. The van der Waals surface area contributed by atoms with E-state index in [2.05, 4.69) is 35.8 Å². The molecule has 0 amide bonds. The summed E-state index contributed by atoms with van der Waals surface area (Å²) in [6, 6.07) is 0.508. The molecule has 1 aromatic rings.